The van der Waals surface area contributed by atoms with E-state index in [1.165, 1.54) is 23.8 Å². The van der Waals surface area contributed by atoms with Crippen molar-refractivity contribution in [1.29, 1.82) is 0 Å². The lowest BCUT2D eigenvalue weighted by atomic mass is 10.0. The number of anilines is 1. The molecule has 0 N–H and O–H groups in total. The van der Waals surface area contributed by atoms with Gasteiger partial charge in [-0.2, -0.15) is 0 Å². The third-order valence-electron chi connectivity index (χ3n) is 6.00. The molecule has 0 saturated carbocycles. The van der Waals surface area contributed by atoms with Crippen molar-refractivity contribution < 1.29 is 9.72 Å². The molecule has 0 spiro atoms. The van der Waals surface area contributed by atoms with Crippen LogP contribution in [0.15, 0.2) is 48.5 Å². The first-order chi connectivity index (χ1) is 16.4. The molecule has 1 aliphatic heterocycles. The van der Waals surface area contributed by atoms with Gasteiger partial charge in [0, 0.05) is 55.5 Å². The Morgan fingerprint density at radius 1 is 1.09 bits per heavy atom. The molecule has 176 valence electrons. The number of amides is 1. The van der Waals surface area contributed by atoms with Gasteiger partial charge >= 0.3 is 0 Å². The van der Waals surface area contributed by atoms with E-state index in [9.17, 15) is 14.9 Å². The summed E-state index contributed by atoms with van der Waals surface area (Å²) in [5, 5.41) is 11.2. The molecule has 0 unspecified atom stereocenters. The second kappa shape index (κ2) is 10.2. The van der Waals surface area contributed by atoms with Crippen molar-refractivity contribution in [1.82, 2.24) is 14.9 Å². The Bertz CT molecular complexity index is 1210. The lowest BCUT2D eigenvalue weighted by Gasteiger charge is -2.36. The Hall–Kier alpha value is -3.52. The monoisotopic (exact) mass is 479 g/mol. The SMILES string of the molecule is CCc1nc(C)nc(N2CCN(C(=O)c3ccc(Cl)c([N+](=O)[O-])c3)CC2)c1Cc1ccccc1. The molecular formula is C25H26ClN5O3. The van der Waals surface area contributed by atoms with E-state index < -0.39 is 4.92 Å². The summed E-state index contributed by atoms with van der Waals surface area (Å²) in [5.41, 5.74) is 3.36. The number of carbonyl (C=O) groups excluding carboxylic acids is 1. The molecule has 1 fully saturated rings. The molecule has 2 aromatic carbocycles. The van der Waals surface area contributed by atoms with Gasteiger partial charge in [0.15, 0.2) is 0 Å². The first-order valence-electron chi connectivity index (χ1n) is 11.3. The van der Waals surface area contributed by atoms with E-state index in [1.807, 2.05) is 25.1 Å². The molecule has 1 aliphatic rings. The van der Waals surface area contributed by atoms with Gasteiger partial charge in [0.1, 0.15) is 16.7 Å². The van der Waals surface area contributed by atoms with Crippen LogP contribution in [0.3, 0.4) is 0 Å². The Morgan fingerprint density at radius 3 is 2.44 bits per heavy atom. The van der Waals surface area contributed by atoms with Gasteiger partial charge in [-0.25, -0.2) is 9.97 Å². The van der Waals surface area contributed by atoms with Crippen LogP contribution in [0.2, 0.25) is 5.02 Å². The van der Waals surface area contributed by atoms with Crippen LogP contribution in [-0.2, 0) is 12.8 Å². The molecule has 4 rings (SSSR count). The number of carbonyl (C=O) groups is 1. The van der Waals surface area contributed by atoms with E-state index in [0.29, 0.717) is 26.2 Å². The van der Waals surface area contributed by atoms with E-state index in [-0.39, 0.29) is 22.2 Å². The van der Waals surface area contributed by atoms with Crippen molar-refractivity contribution in [3.8, 4) is 0 Å². The standard InChI is InChI=1S/C25H26ClN5O3/c1-3-22-20(15-18-7-5-4-6-8-18)24(28-17(2)27-22)29-11-13-30(14-12-29)25(32)19-9-10-21(26)23(16-19)31(33)34/h4-10,16H,3,11-15H2,1-2H3. The number of hydrogen-bond donors (Lipinski definition) is 0. The topological polar surface area (TPSA) is 92.5 Å². The molecule has 1 aromatic heterocycles. The number of piperazine rings is 1. The van der Waals surface area contributed by atoms with Crippen molar-refractivity contribution in [3.05, 3.63) is 91.9 Å². The fraction of sp³-hybridized carbons (Fsp3) is 0.320. The third kappa shape index (κ3) is 5.02. The van der Waals surface area contributed by atoms with Crippen molar-refractivity contribution in [2.75, 3.05) is 31.1 Å². The fourth-order valence-electron chi connectivity index (χ4n) is 4.26. The number of nitro benzene ring substituents is 1. The number of aromatic nitrogens is 2. The summed E-state index contributed by atoms with van der Waals surface area (Å²) < 4.78 is 0. The minimum atomic E-state index is -0.575. The van der Waals surface area contributed by atoms with Crippen LogP contribution in [0.1, 0.15) is 39.9 Å². The van der Waals surface area contributed by atoms with Crippen LogP contribution in [0, 0.1) is 17.0 Å². The fourth-order valence-corrected chi connectivity index (χ4v) is 4.45. The van der Waals surface area contributed by atoms with Crippen LogP contribution in [0.25, 0.3) is 0 Å². The lowest BCUT2D eigenvalue weighted by molar-refractivity contribution is -0.384. The summed E-state index contributed by atoms with van der Waals surface area (Å²) in [6, 6.07) is 14.4. The predicted octanol–water partition coefficient (Wildman–Crippen LogP) is 4.46. The highest BCUT2D eigenvalue weighted by Gasteiger charge is 2.27. The summed E-state index contributed by atoms with van der Waals surface area (Å²) >= 11 is 5.89. The number of aryl methyl sites for hydroxylation is 2. The maximum atomic E-state index is 13.0. The second-order valence-electron chi connectivity index (χ2n) is 8.24. The molecule has 1 saturated heterocycles. The van der Waals surface area contributed by atoms with E-state index in [0.717, 1.165) is 35.7 Å². The zero-order valence-corrected chi connectivity index (χ0v) is 20.0. The molecule has 34 heavy (non-hydrogen) atoms. The highest BCUT2D eigenvalue weighted by atomic mass is 35.5. The van der Waals surface area contributed by atoms with Gasteiger partial charge in [-0.15, -0.1) is 0 Å². The van der Waals surface area contributed by atoms with Crippen LogP contribution in [0.5, 0.6) is 0 Å². The van der Waals surface area contributed by atoms with Gasteiger partial charge in [-0.3, -0.25) is 14.9 Å². The minimum absolute atomic E-state index is 0.0168. The number of nitrogens with zero attached hydrogens (tertiary/aromatic N) is 5. The highest BCUT2D eigenvalue weighted by Crippen LogP contribution is 2.28. The quantitative estimate of drug-likeness (QED) is 0.382. The molecule has 0 radical (unpaired) electrons. The van der Waals surface area contributed by atoms with Gasteiger partial charge in [0.25, 0.3) is 11.6 Å². The lowest BCUT2D eigenvalue weighted by Crippen LogP contribution is -2.49. The molecule has 8 nitrogen and oxygen atoms in total. The van der Waals surface area contributed by atoms with Crippen molar-refractivity contribution in [2.24, 2.45) is 0 Å². The summed E-state index contributed by atoms with van der Waals surface area (Å²) in [4.78, 5) is 37.0. The predicted molar refractivity (Wildman–Crippen MR) is 132 cm³/mol. The Labute approximate surface area is 203 Å². The van der Waals surface area contributed by atoms with E-state index >= 15 is 0 Å². The Balaban J connectivity index is 1.54. The van der Waals surface area contributed by atoms with Crippen molar-refractivity contribution >= 4 is 29.0 Å². The summed E-state index contributed by atoms with van der Waals surface area (Å²) in [6.45, 7) is 6.21. The minimum Gasteiger partial charge on any atom is -0.353 e. The van der Waals surface area contributed by atoms with Crippen LogP contribution >= 0.6 is 11.6 Å². The molecule has 0 bridgehead atoms. The Kier molecular flexibility index (Phi) is 7.07. The number of rotatable bonds is 6. The normalized spacial score (nSPS) is 13.7. The maximum Gasteiger partial charge on any atom is 0.288 e. The first kappa shape index (κ1) is 23.6. The van der Waals surface area contributed by atoms with E-state index in [2.05, 4.69) is 28.9 Å². The number of hydrogen-bond acceptors (Lipinski definition) is 6. The first-order valence-corrected chi connectivity index (χ1v) is 11.6. The zero-order valence-electron chi connectivity index (χ0n) is 19.2. The van der Waals surface area contributed by atoms with Gasteiger partial charge in [0.05, 0.1) is 4.92 Å². The van der Waals surface area contributed by atoms with Crippen molar-refractivity contribution in [2.45, 2.75) is 26.7 Å². The van der Waals surface area contributed by atoms with Gasteiger partial charge < -0.3 is 9.80 Å². The van der Waals surface area contributed by atoms with Gasteiger partial charge in [-0.05, 0) is 31.0 Å². The number of nitro groups is 1. The van der Waals surface area contributed by atoms with Crippen LogP contribution in [-0.4, -0.2) is 51.9 Å². The maximum absolute atomic E-state index is 13.0. The number of benzene rings is 2. The second-order valence-corrected chi connectivity index (χ2v) is 8.65. The van der Waals surface area contributed by atoms with Gasteiger partial charge in [-0.1, -0.05) is 48.9 Å². The van der Waals surface area contributed by atoms with Crippen LogP contribution in [0.4, 0.5) is 11.5 Å². The molecule has 0 aliphatic carbocycles. The largest absolute Gasteiger partial charge is 0.353 e. The van der Waals surface area contributed by atoms with E-state index in [4.69, 9.17) is 16.6 Å². The highest BCUT2D eigenvalue weighted by molar-refractivity contribution is 6.32. The molecule has 1 amide bonds. The van der Waals surface area contributed by atoms with Gasteiger partial charge in [0.2, 0.25) is 0 Å². The van der Waals surface area contributed by atoms with Crippen molar-refractivity contribution in [3.63, 3.8) is 0 Å². The third-order valence-corrected chi connectivity index (χ3v) is 6.32. The smallest absolute Gasteiger partial charge is 0.288 e. The average molecular weight is 480 g/mol. The molecule has 0 atom stereocenters. The summed E-state index contributed by atoms with van der Waals surface area (Å²) in [7, 11) is 0. The molecule has 2 heterocycles. The molecular weight excluding hydrogens is 454 g/mol. The molecule has 9 heteroatoms. The summed E-state index contributed by atoms with van der Waals surface area (Å²) in [6.07, 6.45) is 1.56. The number of halogens is 1. The summed E-state index contributed by atoms with van der Waals surface area (Å²) in [5.74, 6) is 1.41. The van der Waals surface area contributed by atoms with E-state index in [1.54, 1.807) is 4.90 Å². The zero-order chi connectivity index (χ0) is 24.2. The molecule has 3 aromatic rings. The average Bonchev–Trinajstić information content (AvgIpc) is 2.85. The van der Waals surface area contributed by atoms with Crippen LogP contribution < -0.4 is 4.90 Å². The Morgan fingerprint density at radius 2 is 1.79 bits per heavy atom.